The van der Waals surface area contributed by atoms with Gasteiger partial charge in [-0.2, -0.15) is 15.4 Å². The first-order valence-electron chi connectivity index (χ1n) is 6.59. The fraction of sp³-hybridized carbons (Fsp3) is 0.308. The van der Waals surface area contributed by atoms with Crippen LogP contribution in [-0.4, -0.2) is 25.0 Å². The van der Waals surface area contributed by atoms with E-state index in [-0.39, 0.29) is 6.04 Å². The standard InChI is InChI=1S/C13H17N7/c1-2-20-12-6-4-3-5-9(12)16-13(20)7-10(17-14)11-8-15-19-18-11/h3-6,8,10,17H,2,7,14H2,1H3,(H,15,18,19). The molecule has 3 rings (SSSR count). The highest BCUT2D eigenvalue weighted by atomic mass is 15.3. The van der Waals surface area contributed by atoms with Gasteiger partial charge in [-0.05, 0) is 19.1 Å². The zero-order valence-corrected chi connectivity index (χ0v) is 11.2. The Kier molecular flexibility index (Phi) is 3.44. The number of aromatic nitrogens is 5. The maximum atomic E-state index is 5.63. The molecule has 0 aliphatic carbocycles. The summed E-state index contributed by atoms with van der Waals surface area (Å²) in [5.74, 6) is 6.61. The molecule has 0 saturated heterocycles. The van der Waals surface area contributed by atoms with E-state index in [0.29, 0.717) is 6.42 Å². The number of benzene rings is 1. The van der Waals surface area contributed by atoms with Gasteiger partial charge in [0.2, 0.25) is 0 Å². The van der Waals surface area contributed by atoms with Crippen molar-refractivity contribution >= 4 is 11.0 Å². The summed E-state index contributed by atoms with van der Waals surface area (Å²) in [4.78, 5) is 4.69. The van der Waals surface area contributed by atoms with Crippen LogP contribution in [0, 0.1) is 0 Å². The third-order valence-corrected chi connectivity index (χ3v) is 3.43. The number of hydrogen-bond acceptors (Lipinski definition) is 5. The molecule has 7 nitrogen and oxygen atoms in total. The van der Waals surface area contributed by atoms with Crippen LogP contribution >= 0.6 is 0 Å². The molecule has 2 heterocycles. The summed E-state index contributed by atoms with van der Waals surface area (Å²) in [6.45, 7) is 2.98. The molecule has 0 aliphatic rings. The van der Waals surface area contributed by atoms with Gasteiger partial charge in [-0.25, -0.2) is 4.98 Å². The molecule has 104 valence electrons. The number of rotatable bonds is 5. The number of nitrogens with two attached hydrogens (primary N) is 1. The van der Waals surface area contributed by atoms with E-state index in [0.717, 1.165) is 29.1 Å². The van der Waals surface area contributed by atoms with Crippen molar-refractivity contribution in [2.75, 3.05) is 0 Å². The van der Waals surface area contributed by atoms with Gasteiger partial charge in [0.25, 0.3) is 0 Å². The summed E-state index contributed by atoms with van der Waals surface area (Å²) in [6.07, 6.45) is 2.33. The molecular formula is C13H17N7. The number of para-hydroxylation sites is 2. The van der Waals surface area contributed by atoms with E-state index in [1.165, 1.54) is 0 Å². The monoisotopic (exact) mass is 271 g/mol. The molecular weight excluding hydrogens is 254 g/mol. The maximum absolute atomic E-state index is 5.63. The van der Waals surface area contributed by atoms with E-state index in [4.69, 9.17) is 10.8 Å². The minimum atomic E-state index is -0.115. The smallest absolute Gasteiger partial charge is 0.111 e. The first-order valence-corrected chi connectivity index (χ1v) is 6.59. The predicted octanol–water partition coefficient (Wildman–Crippen LogP) is 0.921. The number of imidazole rings is 1. The van der Waals surface area contributed by atoms with E-state index in [9.17, 15) is 0 Å². The number of hydrazine groups is 1. The summed E-state index contributed by atoms with van der Waals surface area (Å²) in [7, 11) is 0. The van der Waals surface area contributed by atoms with Gasteiger partial charge in [-0.3, -0.25) is 11.3 Å². The molecule has 20 heavy (non-hydrogen) atoms. The lowest BCUT2D eigenvalue weighted by Gasteiger charge is -2.13. The van der Waals surface area contributed by atoms with Crippen molar-refractivity contribution in [3.05, 3.63) is 42.0 Å². The maximum Gasteiger partial charge on any atom is 0.111 e. The van der Waals surface area contributed by atoms with Gasteiger partial charge in [-0.15, -0.1) is 0 Å². The van der Waals surface area contributed by atoms with Gasteiger partial charge in [-0.1, -0.05) is 12.1 Å². The van der Waals surface area contributed by atoms with E-state index >= 15 is 0 Å². The quantitative estimate of drug-likeness (QED) is 0.473. The average Bonchev–Trinajstić information content (AvgIpc) is 3.11. The topological polar surface area (TPSA) is 97.4 Å². The normalized spacial score (nSPS) is 12.9. The fourth-order valence-electron chi connectivity index (χ4n) is 2.44. The van der Waals surface area contributed by atoms with E-state index < -0.39 is 0 Å². The summed E-state index contributed by atoms with van der Waals surface area (Å²) in [5, 5.41) is 10.5. The van der Waals surface area contributed by atoms with Crippen LogP contribution in [0.15, 0.2) is 30.5 Å². The molecule has 0 fully saturated rings. The lowest BCUT2D eigenvalue weighted by Crippen LogP contribution is -2.30. The number of aryl methyl sites for hydroxylation is 1. The number of aromatic amines is 1. The van der Waals surface area contributed by atoms with Crippen LogP contribution in [0.3, 0.4) is 0 Å². The molecule has 1 aromatic carbocycles. The molecule has 0 amide bonds. The molecule has 0 spiro atoms. The third kappa shape index (κ3) is 2.17. The summed E-state index contributed by atoms with van der Waals surface area (Å²) >= 11 is 0. The third-order valence-electron chi connectivity index (χ3n) is 3.43. The molecule has 0 bridgehead atoms. The first-order chi connectivity index (χ1) is 9.83. The van der Waals surface area contributed by atoms with Crippen molar-refractivity contribution in [1.29, 1.82) is 0 Å². The Labute approximate surface area is 116 Å². The van der Waals surface area contributed by atoms with Crippen LogP contribution < -0.4 is 11.3 Å². The second-order valence-corrected chi connectivity index (χ2v) is 4.58. The van der Waals surface area contributed by atoms with Crippen LogP contribution in [0.4, 0.5) is 0 Å². The lowest BCUT2D eigenvalue weighted by atomic mass is 10.1. The molecule has 7 heteroatoms. The highest BCUT2D eigenvalue weighted by Crippen LogP contribution is 2.20. The van der Waals surface area contributed by atoms with Crippen LogP contribution in [0.1, 0.15) is 24.5 Å². The van der Waals surface area contributed by atoms with Crippen molar-refractivity contribution in [2.45, 2.75) is 25.9 Å². The molecule has 4 N–H and O–H groups in total. The highest BCUT2D eigenvalue weighted by molar-refractivity contribution is 5.75. The Morgan fingerprint density at radius 3 is 2.95 bits per heavy atom. The Hall–Kier alpha value is -2.25. The summed E-state index contributed by atoms with van der Waals surface area (Å²) in [5.41, 5.74) is 5.69. The average molecular weight is 271 g/mol. The van der Waals surface area contributed by atoms with Crippen molar-refractivity contribution in [2.24, 2.45) is 5.84 Å². The molecule has 1 unspecified atom stereocenters. The summed E-state index contributed by atoms with van der Waals surface area (Å²) < 4.78 is 2.19. The number of nitrogens with one attached hydrogen (secondary N) is 2. The fourth-order valence-corrected chi connectivity index (χ4v) is 2.44. The van der Waals surface area contributed by atoms with Gasteiger partial charge in [0, 0.05) is 13.0 Å². The van der Waals surface area contributed by atoms with Crippen LogP contribution in [0.25, 0.3) is 11.0 Å². The molecule has 0 saturated carbocycles. The van der Waals surface area contributed by atoms with Crippen molar-refractivity contribution in [1.82, 2.24) is 30.4 Å². The Balaban J connectivity index is 1.97. The summed E-state index contributed by atoms with van der Waals surface area (Å²) in [6, 6.07) is 8.00. The largest absolute Gasteiger partial charge is 0.328 e. The minimum Gasteiger partial charge on any atom is -0.328 e. The number of H-pyrrole nitrogens is 1. The first kappa shape index (κ1) is 12.8. The molecule has 0 radical (unpaired) electrons. The number of hydrogen-bond donors (Lipinski definition) is 3. The number of nitrogens with zero attached hydrogens (tertiary/aromatic N) is 4. The molecule has 3 aromatic rings. The molecule has 1 atom stereocenters. The molecule has 0 aliphatic heterocycles. The van der Waals surface area contributed by atoms with Crippen LogP contribution in [-0.2, 0) is 13.0 Å². The van der Waals surface area contributed by atoms with Gasteiger partial charge in [0.05, 0.1) is 23.3 Å². The second kappa shape index (κ2) is 5.40. The Bertz CT molecular complexity index is 686. The number of fused-ring (bicyclic) bond motifs is 1. The lowest BCUT2D eigenvalue weighted by molar-refractivity contribution is 0.513. The van der Waals surface area contributed by atoms with E-state index in [2.05, 4.69) is 38.4 Å². The Morgan fingerprint density at radius 2 is 2.25 bits per heavy atom. The van der Waals surface area contributed by atoms with Crippen LogP contribution in [0.2, 0.25) is 0 Å². The van der Waals surface area contributed by atoms with Crippen LogP contribution in [0.5, 0.6) is 0 Å². The van der Waals surface area contributed by atoms with Gasteiger partial charge >= 0.3 is 0 Å². The van der Waals surface area contributed by atoms with E-state index in [1.54, 1.807) is 6.20 Å². The van der Waals surface area contributed by atoms with Crippen molar-refractivity contribution in [3.8, 4) is 0 Å². The zero-order valence-electron chi connectivity index (χ0n) is 11.2. The Morgan fingerprint density at radius 1 is 1.40 bits per heavy atom. The van der Waals surface area contributed by atoms with Gasteiger partial charge in [0.1, 0.15) is 11.5 Å². The van der Waals surface area contributed by atoms with E-state index in [1.807, 2.05) is 18.2 Å². The predicted molar refractivity (Wildman–Crippen MR) is 75.6 cm³/mol. The minimum absolute atomic E-state index is 0.115. The van der Waals surface area contributed by atoms with Gasteiger partial charge in [0.15, 0.2) is 0 Å². The highest BCUT2D eigenvalue weighted by Gasteiger charge is 2.18. The van der Waals surface area contributed by atoms with Crippen molar-refractivity contribution < 1.29 is 0 Å². The molecule has 2 aromatic heterocycles. The second-order valence-electron chi connectivity index (χ2n) is 4.58. The zero-order chi connectivity index (χ0) is 13.9. The van der Waals surface area contributed by atoms with Gasteiger partial charge < -0.3 is 4.57 Å². The van der Waals surface area contributed by atoms with Crippen molar-refractivity contribution in [3.63, 3.8) is 0 Å². The SMILES string of the molecule is CCn1c(CC(NN)c2cn[nH]n2)nc2ccccc21.